The first-order valence-corrected chi connectivity index (χ1v) is 10.3. The van der Waals surface area contributed by atoms with E-state index in [0.717, 1.165) is 17.1 Å². The highest BCUT2D eigenvalue weighted by molar-refractivity contribution is 5.77. The van der Waals surface area contributed by atoms with E-state index in [2.05, 4.69) is 5.32 Å². The van der Waals surface area contributed by atoms with Crippen LogP contribution in [0.3, 0.4) is 0 Å². The van der Waals surface area contributed by atoms with Gasteiger partial charge in [-0.2, -0.15) is 0 Å². The summed E-state index contributed by atoms with van der Waals surface area (Å²) in [6.45, 7) is 5.88. The van der Waals surface area contributed by atoms with Crippen LogP contribution in [0.2, 0.25) is 0 Å². The van der Waals surface area contributed by atoms with E-state index < -0.39 is 17.6 Å². The average Bonchev–Trinajstić information content (AvgIpc) is 2.72. The van der Waals surface area contributed by atoms with Gasteiger partial charge >= 0.3 is 11.9 Å². The van der Waals surface area contributed by atoms with Gasteiger partial charge in [0.05, 0.1) is 7.11 Å². The zero-order valence-corrected chi connectivity index (χ0v) is 18.6. The minimum atomic E-state index is -0.588. The molecule has 2 aromatic rings. The summed E-state index contributed by atoms with van der Waals surface area (Å²) in [5.41, 5.74) is 0.422. The van der Waals surface area contributed by atoms with Crippen LogP contribution in [-0.4, -0.2) is 37.2 Å². The van der Waals surface area contributed by atoms with Crippen molar-refractivity contribution in [1.82, 2.24) is 5.32 Å². The number of para-hydroxylation sites is 1. The topological polar surface area (TPSA) is 73.9 Å². The molecule has 166 valence electrons. The van der Waals surface area contributed by atoms with E-state index in [4.69, 9.17) is 14.2 Å². The number of rotatable bonds is 10. The summed E-state index contributed by atoms with van der Waals surface area (Å²) in [6, 6.07) is 16.7. The van der Waals surface area contributed by atoms with Crippen LogP contribution in [0.5, 0.6) is 11.5 Å². The van der Waals surface area contributed by atoms with Gasteiger partial charge in [0.1, 0.15) is 23.1 Å². The molecule has 0 aliphatic rings. The van der Waals surface area contributed by atoms with Crippen molar-refractivity contribution in [3.63, 3.8) is 0 Å². The summed E-state index contributed by atoms with van der Waals surface area (Å²) in [7, 11) is 1.33. The van der Waals surface area contributed by atoms with Crippen LogP contribution in [0.4, 0.5) is 0 Å². The third kappa shape index (κ3) is 9.49. The lowest BCUT2D eigenvalue weighted by Gasteiger charge is -2.20. The van der Waals surface area contributed by atoms with Crippen molar-refractivity contribution in [1.29, 1.82) is 0 Å². The van der Waals surface area contributed by atoms with Gasteiger partial charge in [0.15, 0.2) is 0 Å². The molecule has 1 atom stereocenters. The van der Waals surface area contributed by atoms with Gasteiger partial charge in [0.2, 0.25) is 0 Å². The Morgan fingerprint density at radius 2 is 1.74 bits per heavy atom. The molecule has 0 aromatic heterocycles. The number of hydrogen-bond donors (Lipinski definition) is 1. The number of methoxy groups -OCH3 is 1. The van der Waals surface area contributed by atoms with Crippen molar-refractivity contribution in [2.24, 2.45) is 0 Å². The fraction of sp³-hybridized carbons (Fsp3) is 0.360. The van der Waals surface area contributed by atoms with Crippen LogP contribution in [0, 0.1) is 0 Å². The Bertz CT molecular complexity index is 871. The molecule has 6 heteroatoms. The highest BCUT2D eigenvalue weighted by Crippen LogP contribution is 2.22. The fourth-order valence-corrected chi connectivity index (χ4v) is 2.81. The average molecular weight is 426 g/mol. The molecule has 0 spiro atoms. The van der Waals surface area contributed by atoms with Gasteiger partial charge in [0.25, 0.3) is 0 Å². The zero-order chi connectivity index (χ0) is 22.7. The maximum absolute atomic E-state index is 12.0. The molecular weight excluding hydrogens is 394 g/mol. The number of hydrogen-bond acceptors (Lipinski definition) is 6. The molecule has 6 nitrogen and oxygen atoms in total. The Kier molecular flexibility index (Phi) is 9.28. The quantitative estimate of drug-likeness (QED) is 0.554. The number of carbonyl (C=O) groups excluding carboxylic acids is 2. The lowest BCUT2D eigenvalue weighted by molar-refractivity contribution is -0.155. The molecule has 1 N–H and O–H groups in total. The summed E-state index contributed by atoms with van der Waals surface area (Å²) < 4.78 is 16.0. The van der Waals surface area contributed by atoms with E-state index in [1.54, 1.807) is 0 Å². The fourth-order valence-electron chi connectivity index (χ4n) is 2.81. The van der Waals surface area contributed by atoms with Crippen molar-refractivity contribution in [2.75, 3.05) is 13.7 Å². The highest BCUT2D eigenvalue weighted by atomic mass is 16.6. The molecule has 0 aliphatic carbocycles. The first-order valence-electron chi connectivity index (χ1n) is 10.3. The monoisotopic (exact) mass is 425 g/mol. The van der Waals surface area contributed by atoms with E-state index in [1.807, 2.05) is 87.5 Å². The summed E-state index contributed by atoms with van der Waals surface area (Å²) >= 11 is 0. The normalized spacial score (nSPS) is 12.4. The van der Waals surface area contributed by atoms with Gasteiger partial charge in [-0.05, 0) is 57.0 Å². The summed E-state index contributed by atoms with van der Waals surface area (Å²) in [4.78, 5) is 23.9. The number of esters is 2. The summed E-state index contributed by atoms with van der Waals surface area (Å²) in [6.07, 6.45) is 4.28. The molecule has 0 radical (unpaired) electrons. The number of benzene rings is 2. The molecular formula is C25H31NO5. The largest absolute Gasteiger partial charge is 0.468 e. The van der Waals surface area contributed by atoms with Crippen molar-refractivity contribution < 1.29 is 23.8 Å². The second-order valence-corrected chi connectivity index (χ2v) is 8.00. The Labute approximate surface area is 184 Å². The van der Waals surface area contributed by atoms with Crippen LogP contribution < -0.4 is 10.1 Å². The minimum Gasteiger partial charge on any atom is -0.468 e. The molecule has 0 saturated heterocycles. The predicted octanol–water partition coefficient (Wildman–Crippen LogP) is 4.75. The van der Waals surface area contributed by atoms with Gasteiger partial charge in [-0.15, -0.1) is 0 Å². The van der Waals surface area contributed by atoms with Crippen molar-refractivity contribution in [2.45, 2.75) is 45.3 Å². The van der Waals surface area contributed by atoms with Gasteiger partial charge in [-0.1, -0.05) is 42.5 Å². The van der Waals surface area contributed by atoms with Crippen LogP contribution >= 0.6 is 0 Å². The highest BCUT2D eigenvalue weighted by Gasteiger charge is 2.22. The number of nitrogens with one attached hydrogen (secondary N) is 1. The van der Waals surface area contributed by atoms with Crippen molar-refractivity contribution in [3.8, 4) is 11.5 Å². The van der Waals surface area contributed by atoms with E-state index in [-0.39, 0.29) is 12.4 Å². The first kappa shape index (κ1) is 24.2. The maximum Gasteiger partial charge on any atom is 0.322 e. The van der Waals surface area contributed by atoms with Gasteiger partial charge in [-0.25, -0.2) is 0 Å². The Morgan fingerprint density at radius 1 is 1.03 bits per heavy atom. The molecule has 31 heavy (non-hydrogen) atoms. The van der Waals surface area contributed by atoms with Crippen LogP contribution in [0.1, 0.15) is 39.2 Å². The maximum atomic E-state index is 12.0. The smallest absolute Gasteiger partial charge is 0.322 e. The Hall–Kier alpha value is -3.12. The molecule has 0 bridgehead atoms. The van der Waals surface area contributed by atoms with E-state index in [1.165, 1.54) is 7.11 Å². The molecule has 0 amide bonds. The SMILES string of the molecule is COC(=O)[C@H](CCC(=O)OC(C)(C)C)NC/C=C/c1cccc(Oc2ccccc2)c1. The lowest BCUT2D eigenvalue weighted by atomic mass is 10.1. The first-order chi connectivity index (χ1) is 14.8. The summed E-state index contributed by atoms with van der Waals surface area (Å²) in [5, 5.41) is 3.11. The van der Waals surface area contributed by atoms with E-state index in [0.29, 0.717) is 13.0 Å². The molecule has 0 heterocycles. The molecule has 0 unspecified atom stereocenters. The van der Waals surface area contributed by atoms with Gasteiger partial charge < -0.3 is 19.5 Å². The third-order valence-electron chi connectivity index (χ3n) is 4.17. The number of carbonyl (C=O) groups is 2. The Morgan fingerprint density at radius 3 is 2.42 bits per heavy atom. The molecule has 2 rings (SSSR count). The number of ether oxygens (including phenoxy) is 3. The van der Waals surface area contributed by atoms with E-state index in [9.17, 15) is 9.59 Å². The lowest BCUT2D eigenvalue weighted by Crippen LogP contribution is -2.38. The second-order valence-electron chi connectivity index (χ2n) is 8.00. The summed E-state index contributed by atoms with van der Waals surface area (Å²) in [5.74, 6) is 0.770. The van der Waals surface area contributed by atoms with Crippen molar-refractivity contribution >= 4 is 18.0 Å². The standard InChI is InChI=1S/C25H31NO5/c1-25(2,3)31-23(27)16-15-22(24(28)29-4)26-17-9-11-19-10-8-14-21(18-19)30-20-12-6-5-7-13-20/h5-14,18,22,26H,15-17H2,1-4H3/b11-9+/t22-/m0/s1. The van der Waals surface area contributed by atoms with Crippen LogP contribution in [-0.2, 0) is 19.1 Å². The van der Waals surface area contributed by atoms with Crippen LogP contribution in [0.15, 0.2) is 60.7 Å². The van der Waals surface area contributed by atoms with E-state index >= 15 is 0 Å². The zero-order valence-electron chi connectivity index (χ0n) is 18.6. The minimum absolute atomic E-state index is 0.132. The molecule has 0 saturated carbocycles. The third-order valence-corrected chi connectivity index (χ3v) is 4.17. The molecule has 2 aromatic carbocycles. The molecule has 0 aliphatic heterocycles. The Balaban J connectivity index is 1.87. The van der Waals surface area contributed by atoms with Crippen LogP contribution in [0.25, 0.3) is 6.08 Å². The predicted molar refractivity (Wildman–Crippen MR) is 121 cm³/mol. The second kappa shape index (κ2) is 11.9. The van der Waals surface area contributed by atoms with Gasteiger partial charge in [-0.3, -0.25) is 9.59 Å². The van der Waals surface area contributed by atoms with Crippen molar-refractivity contribution in [3.05, 3.63) is 66.2 Å². The van der Waals surface area contributed by atoms with Gasteiger partial charge in [0, 0.05) is 13.0 Å². The molecule has 0 fully saturated rings.